The highest BCUT2D eigenvalue weighted by Gasteiger charge is 2.16. The first-order chi connectivity index (χ1) is 9.36. The molecule has 7 nitrogen and oxygen atoms in total. The Kier molecular flexibility index (Phi) is 6.13. The average molecular weight is 344 g/mol. The topological polar surface area (TPSA) is 113 Å². The predicted octanol–water partition coefficient (Wildman–Crippen LogP) is 0.259. The predicted molar refractivity (Wildman–Crippen MR) is 76.0 cm³/mol. The summed E-state index contributed by atoms with van der Waals surface area (Å²) in [6, 6.07) is 6.95. The van der Waals surface area contributed by atoms with Gasteiger partial charge in [-0.15, -0.1) is 0 Å². The molecule has 0 bridgehead atoms. The van der Waals surface area contributed by atoms with Crippen LogP contribution >= 0.6 is 15.9 Å². The van der Waals surface area contributed by atoms with Crippen LogP contribution in [0.15, 0.2) is 28.7 Å². The molecule has 1 aromatic rings. The lowest BCUT2D eigenvalue weighted by Gasteiger charge is -2.17. The molecule has 0 spiro atoms. The van der Waals surface area contributed by atoms with Crippen molar-refractivity contribution >= 4 is 39.4 Å². The number of aliphatic carboxylic acids is 1. The number of amides is 2. The Morgan fingerprint density at radius 3 is 2.50 bits per heavy atom. The minimum Gasteiger partial charge on any atom is -0.480 e. The number of halogens is 1. The van der Waals surface area contributed by atoms with Gasteiger partial charge in [-0.2, -0.15) is 0 Å². The fourth-order valence-electron chi connectivity index (χ4n) is 1.55. The first kappa shape index (κ1) is 16.1. The fraction of sp³-hybridized carbons (Fsp3) is 0.250. The van der Waals surface area contributed by atoms with E-state index in [0.29, 0.717) is 5.69 Å². The molecule has 0 heterocycles. The van der Waals surface area contributed by atoms with Crippen LogP contribution in [0.1, 0.15) is 0 Å². The third-order valence-electron chi connectivity index (χ3n) is 2.21. The van der Waals surface area contributed by atoms with Crippen LogP contribution in [0.2, 0.25) is 0 Å². The van der Waals surface area contributed by atoms with Crippen LogP contribution in [0, 0.1) is 0 Å². The first-order valence-corrected chi connectivity index (χ1v) is 6.44. The minimum absolute atomic E-state index is 0.234. The number of nitrogens with zero attached hydrogens (tertiary/aromatic N) is 1. The highest BCUT2D eigenvalue weighted by molar-refractivity contribution is 9.10. The molecule has 0 aliphatic rings. The number of primary amides is 1. The van der Waals surface area contributed by atoms with E-state index in [1.54, 1.807) is 24.3 Å². The Morgan fingerprint density at radius 2 is 1.95 bits per heavy atom. The number of rotatable bonds is 7. The van der Waals surface area contributed by atoms with Crippen LogP contribution in [-0.4, -0.2) is 47.4 Å². The van der Waals surface area contributed by atoms with Crippen molar-refractivity contribution < 1.29 is 19.5 Å². The zero-order chi connectivity index (χ0) is 15.1. The second kappa shape index (κ2) is 7.61. The maximum Gasteiger partial charge on any atom is 0.317 e. The van der Waals surface area contributed by atoms with E-state index in [-0.39, 0.29) is 13.1 Å². The number of nitrogens with one attached hydrogen (secondary N) is 1. The second-order valence-electron chi connectivity index (χ2n) is 4.06. The molecule has 20 heavy (non-hydrogen) atoms. The summed E-state index contributed by atoms with van der Waals surface area (Å²) in [5.41, 5.74) is 5.57. The number of nitrogens with two attached hydrogens (primary N) is 1. The third kappa shape index (κ3) is 6.30. The standard InChI is InChI=1S/C12H14BrN3O4/c13-8-2-1-3-9(4-8)15-11(18)6-16(5-10(14)17)7-12(19)20/h1-4H,5-7H2,(H2,14,17)(H,15,18)(H,19,20). The molecule has 0 aromatic heterocycles. The van der Waals surface area contributed by atoms with Crippen molar-refractivity contribution in [3.8, 4) is 0 Å². The van der Waals surface area contributed by atoms with Gasteiger partial charge in [0, 0.05) is 10.2 Å². The zero-order valence-electron chi connectivity index (χ0n) is 10.5. The quantitative estimate of drug-likeness (QED) is 0.657. The van der Waals surface area contributed by atoms with Gasteiger partial charge in [0.05, 0.1) is 19.6 Å². The smallest absolute Gasteiger partial charge is 0.317 e. The molecule has 0 saturated heterocycles. The number of hydrogen-bond acceptors (Lipinski definition) is 4. The lowest BCUT2D eigenvalue weighted by atomic mass is 10.3. The number of benzene rings is 1. The highest BCUT2D eigenvalue weighted by Crippen LogP contribution is 2.15. The molecule has 1 rings (SSSR count). The zero-order valence-corrected chi connectivity index (χ0v) is 12.1. The van der Waals surface area contributed by atoms with E-state index in [0.717, 1.165) is 9.37 Å². The van der Waals surface area contributed by atoms with Crippen molar-refractivity contribution in [3.05, 3.63) is 28.7 Å². The molecule has 4 N–H and O–H groups in total. The van der Waals surface area contributed by atoms with Gasteiger partial charge in [-0.1, -0.05) is 22.0 Å². The Hall–Kier alpha value is -1.93. The second-order valence-corrected chi connectivity index (χ2v) is 4.98. The minimum atomic E-state index is -1.14. The number of carboxylic acid groups (broad SMARTS) is 1. The number of carbonyl (C=O) groups excluding carboxylic acids is 2. The molecule has 1 aromatic carbocycles. The Bertz CT molecular complexity index is 505. The van der Waals surface area contributed by atoms with E-state index in [1.165, 1.54) is 0 Å². The van der Waals surface area contributed by atoms with Crippen molar-refractivity contribution in [2.45, 2.75) is 0 Å². The van der Waals surface area contributed by atoms with Gasteiger partial charge in [0.2, 0.25) is 11.8 Å². The first-order valence-electron chi connectivity index (χ1n) is 5.64. The average Bonchev–Trinajstić information content (AvgIpc) is 2.26. The van der Waals surface area contributed by atoms with Crippen molar-refractivity contribution in [2.75, 3.05) is 25.0 Å². The van der Waals surface area contributed by atoms with Gasteiger partial charge in [0.25, 0.3) is 0 Å². The molecule has 0 unspecified atom stereocenters. The molecule has 0 radical (unpaired) electrons. The fourth-order valence-corrected chi connectivity index (χ4v) is 1.95. The van der Waals surface area contributed by atoms with Crippen molar-refractivity contribution in [1.29, 1.82) is 0 Å². The summed E-state index contributed by atoms with van der Waals surface area (Å²) in [5.74, 6) is -2.26. The summed E-state index contributed by atoms with van der Waals surface area (Å²) in [4.78, 5) is 34.4. The van der Waals surface area contributed by atoms with Crippen LogP contribution < -0.4 is 11.1 Å². The van der Waals surface area contributed by atoms with Crippen LogP contribution in [-0.2, 0) is 14.4 Å². The molecule has 0 atom stereocenters. The van der Waals surface area contributed by atoms with Gasteiger partial charge in [-0.05, 0) is 18.2 Å². The monoisotopic (exact) mass is 343 g/mol. The maximum atomic E-state index is 11.8. The summed E-state index contributed by atoms with van der Waals surface area (Å²) in [6.45, 7) is -0.963. The van der Waals surface area contributed by atoms with Crippen LogP contribution in [0.25, 0.3) is 0 Å². The van der Waals surface area contributed by atoms with E-state index in [9.17, 15) is 14.4 Å². The molecule has 108 valence electrons. The van der Waals surface area contributed by atoms with Gasteiger partial charge in [0.15, 0.2) is 0 Å². The van der Waals surface area contributed by atoms with E-state index in [4.69, 9.17) is 10.8 Å². The van der Waals surface area contributed by atoms with Gasteiger partial charge >= 0.3 is 5.97 Å². The molecule has 2 amide bonds. The van der Waals surface area contributed by atoms with Gasteiger partial charge in [0.1, 0.15) is 0 Å². The van der Waals surface area contributed by atoms with E-state index in [1.807, 2.05) is 0 Å². The third-order valence-corrected chi connectivity index (χ3v) is 2.71. The molecule has 0 saturated carbocycles. The number of carboxylic acids is 1. The Balaban J connectivity index is 2.61. The van der Waals surface area contributed by atoms with Crippen molar-refractivity contribution in [3.63, 3.8) is 0 Å². The summed E-state index contributed by atoms with van der Waals surface area (Å²) >= 11 is 3.27. The van der Waals surface area contributed by atoms with Crippen LogP contribution in [0.3, 0.4) is 0 Å². The summed E-state index contributed by atoms with van der Waals surface area (Å²) in [7, 11) is 0. The van der Waals surface area contributed by atoms with E-state index in [2.05, 4.69) is 21.2 Å². The van der Waals surface area contributed by atoms with Crippen molar-refractivity contribution in [2.24, 2.45) is 5.73 Å². The van der Waals surface area contributed by atoms with Crippen LogP contribution in [0.4, 0.5) is 5.69 Å². The highest BCUT2D eigenvalue weighted by atomic mass is 79.9. The number of carbonyl (C=O) groups is 3. The Morgan fingerprint density at radius 1 is 1.25 bits per heavy atom. The maximum absolute atomic E-state index is 11.8. The van der Waals surface area contributed by atoms with Gasteiger partial charge in [-0.25, -0.2) is 0 Å². The van der Waals surface area contributed by atoms with E-state index < -0.39 is 24.3 Å². The van der Waals surface area contributed by atoms with Crippen LogP contribution in [0.5, 0.6) is 0 Å². The van der Waals surface area contributed by atoms with E-state index >= 15 is 0 Å². The number of hydrogen-bond donors (Lipinski definition) is 3. The SMILES string of the molecule is NC(=O)CN(CC(=O)O)CC(=O)Nc1cccc(Br)c1. The lowest BCUT2D eigenvalue weighted by molar-refractivity contribution is -0.138. The molecular formula is C12H14BrN3O4. The lowest BCUT2D eigenvalue weighted by Crippen LogP contribution is -2.41. The Labute approximate surface area is 123 Å². The molecular weight excluding hydrogens is 330 g/mol. The summed E-state index contributed by atoms with van der Waals surface area (Å²) in [6.07, 6.45) is 0. The van der Waals surface area contributed by atoms with Gasteiger partial charge < -0.3 is 16.2 Å². The molecule has 0 aliphatic heterocycles. The summed E-state index contributed by atoms with van der Waals surface area (Å²) < 4.78 is 0.801. The molecule has 0 fully saturated rings. The van der Waals surface area contributed by atoms with Crippen molar-refractivity contribution in [1.82, 2.24) is 4.90 Å². The molecule has 0 aliphatic carbocycles. The normalized spacial score (nSPS) is 10.3. The molecule has 8 heteroatoms. The summed E-state index contributed by atoms with van der Waals surface area (Å²) in [5, 5.41) is 11.3. The largest absolute Gasteiger partial charge is 0.480 e. The van der Waals surface area contributed by atoms with Gasteiger partial charge in [-0.3, -0.25) is 19.3 Å². The number of anilines is 1.